The average Bonchev–Trinajstić information content (AvgIpc) is 3.12. The molecule has 0 atom stereocenters. The van der Waals surface area contributed by atoms with Crippen LogP contribution in [0.1, 0.15) is 29.2 Å². The summed E-state index contributed by atoms with van der Waals surface area (Å²) in [7, 11) is 1.63. The third-order valence-electron chi connectivity index (χ3n) is 5.68. The van der Waals surface area contributed by atoms with Gasteiger partial charge in [-0.1, -0.05) is 36.4 Å². The number of carbonyl (C=O) groups excluding carboxylic acids is 1. The second-order valence-corrected chi connectivity index (χ2v) is 8.50. The molecule has 0 saturated carbocycles. The van der Waals surface area contributed by atoms with Crippen molar-refractivity contribution in [1.29, 1.82) is 0 Å². The molecule has 35 heavy (non-hydrogen) atoms. The Morgan fingerprint density at radius 1 is 0.971 bits per heavy atom. The number of benzene rings is 3. The van der Waals surface area contributed by atoms with E-state index in [0.29, 0.717) is 41.2 Å². The monoisotopic (exact) mass is 488 g/mol. The summed E-state index contributed by atoms with van der Waals surface area (Å²) < 4.78 is 17.4. The van der Waals surface area contributed by atoms with Crippen LogP contribution in [0.4, 0.5) is 5.69 Å². The van der Waals surface area contributed by atoms with Gasteiger partial charge in [-0.2, -0.15) is 0 Å². The normalized spacial score (nSPS) is 14.3. The van der Waals surface area contributed by atoms with Crippen LogP contribution >= 0.6 is 12.2 Å². The zero-order valence-corrected chi connectivity index (χ0v) is 21.1. The van der Waals surface area contributed by atoms with Gasteiger partial charge in [0, 0.05) is 5.56 Å². The minimum Gasteiger partial charge on any atom is -0.496 e. The molecule has 1 aliphatic heterocycles. The standard InChI is InChI=1S/C28H28N2O4S/c1-5-33-25-12-7-6-11-23(25)30-27(31)22(29-28(30)35)16-20-13-14-24(32-4)21(15-20)17-34-26-18(2)9-8-10-19(26)3/h6-16H,5,17H2,1-4H3,(H,29,35)/b22-16+. The van der Waals surface area contributed by atoms with Crippen LogP contribution in [0.25, 0.3) is 6.08 Å². The lowest BCUT2D eigenvalue weighted by atomic mass is 10.1. The summed E-state index contributed by atoms with van der Waals surface area (Å²) in [6, 6.07) is 19.1. The van der Waals surface area contributed by atoms with Gasteiger partial charge in [-0.05, 0) is 80.0 Å². The van der Waals surface area contributed by atoms with Crippen molar-refractivity contribution in [2.45, 2.75) is 27.4 Å². The molecule has 1 aliphatic rings. The molecule has 0 unspecified atom stereocenters. The zero-order chi connectivity index (χ0) is 24.9. The van der Waals surface area contributed by atoms with Gasteiger partial charge in [0.05, 0.1) is 19.4 Å². The van der Waals surface area contributed by atoms with Gasteiger partial charge in [0.1, 0.15) is 29.6 Å². The maximum absolute atomic E-state index is 13.3. The average molecular weight is 489 g/mol. The highest BCUT2D eigenvalue weighted by Gasteiger charge is 2.33. The quantitative estimate of drug-likeness (QED) is 0.331. The van der Waals surface area contributed by atoms with E-state index < -0.39 is 0 Å². The molecule has 1 amide bonds. The van der Waals surface area contributed by atoms with Crippen molar-refractivity contribution >= 4 is 35.0 Å². The van der Waals surface area contributed by atoms with Crippen molar-refractivity contribution in [2.75, 3.05) is 18.6 Å². The lowest BCUT2D eigenvalue weighted by Crippen LogP contribution is -2.30. The third kappa shape index (κ3) is 5.15. The zero-order valence-electron chi connectivity index (χ0n) is 20.3. The van der Waals surface area contributed by atoms with E-state index in [2.05, 4.69) is 5.32 Å². The molecule has 0 aromatic heterocycles. The topological polar surface area (TPSA) is 60.0 Å². The van der Waals surface area contributed by atoms with Crippen molar-refractivity contribution in [1.82, 2.24) is 5.32 Å². The molecule has 0 radical (unpaired) electrons. The van der Waals surface area contributed by atoms with Crippen molar-refractivity contribution in [3.05, 3.63) is 88.6 Å². The van der Waals surface area contributed by atoms with Gasteiger partial charge in [-0.3, -0.25) is 4.79 Å². The summed E-state index contributed by atoms with van der Waals surface area (Å²) >= 11 is 5.48. The molecule has 3 aromatic carbocycles. The number of aryl methyl sites for hydroxylation is 2. The van der Waals surface area contributed by atoms with E-state index in [0.717, 1.165) is 28.0 Å². The number of amides is 1. The molecule has 180 valence electrons. The number of thiocarbonyl (C=S) groups is 1. The van der Waals surface area contributed by atoms with Crippen LogP contribution in [0.15, 0.2) is 66.4 Å². The molecular formula is C28H28N2O4S. The van der Waals surface area contributed by atoms with Gasteiger partial charge >= 0.3 is 0 Å². The summed E-state index contributed by atoms with van der Waals surface area (Å²) in [5, 5.41) is 3.35. The molecule has 0 aliphatic carbocycles. The minimum atomic E-state index is -0.244. The van der Waals surface area contributed by atoms with E-state index in [9.17, 15) is 4.79 Å². The van der Waals surface area contributed by atoms with E-state index in [1.165, 1.54) is 4.90 Å². The summed E-state index contributed by atoms with van der Waals surface area (Å²) in [5.41, 5.74) is 4.83. The number of nitrogens with one attached hydrogen (secondary N) is 1. The number of ether oxygens (including phenoxy) is 3. The Kier molecular flexibility index (Phi) is 7.36. The van der Waals surface area contributed by atoms with Crippen LogP contribution in [-0.4, -0.2) is 24.7 Å². The van der Waals surface area contributed by atoms with E-state index in [-0.39, 0.29) is 5.91 Å². The summed E-state index contributed by atoms with van der Waals surface area (Å²) in [4.78, 5) is 14.7. The predicted molar refractivity (Wildman–Crippen MR) is 142 cm³/mol. The fraction of sp³-hybridized carbons (Fsp3) is 0.214. The Bertz CT molecular complexity index is 1280. The lowest BCUT2D eigenvalue weighted by molar-refractivity contribution is -0.113. The maximum atomic E-state index is 13.3. The highest BCUT2D eigenvalue weighted by Crippen LogP contribution is 2.32. The number of hydrogen-bond acceptors (Lipinski definition) is 5. The fourth-order valence-electron chi connectivity index (χ4n) is 4.02. The first-order chi connectivity index (χ1) is 16.9. The van der Waals surface area contributed by atoms with E-state index in [1.807, 2.05) is 81.4 Å². The second-order valence-electron chi connectivity index (χ2n) is 8.11. The van der Waals surface area contributed by atoms with Crippen molar-refractivity contribution < 1.29 is 19.0 Å². The molecule has 1 saturated heterocycles. The van der Waals surface area contributed by atoms with Gasteiger partial charge in [0.15, 0.2) is 5.11 Å². The number of para-hydroxylation sites is 3. The molecule has 4 rings (SSSR count). The van der Waals surface area contributed by atoms with Gasteiger partial charge in [-0.15, -0.1) is 0 Å². The van der Waals surface area contributed by atoms with Crippen LogP contribution in [0.5, 0.6) is 17.2 Å². The first kappa shape index (κ1) is 24.3. The van der Waals surface area contributed by atoms with Gasteiger partial charge in [-0.25, -0.2) is 4.90 Å². The number of methoxy groups -OCH3 is 1. The van der Waals surface area contributed by atoms with E-state index in [1.54, 1.807) is 13.2 Å². The smallest absolute Gasteiger partial charge is 0.281 e. The van der Waals surface area contributed by atoms with Gasteiger partial charge in [0.2, 0.25) is 0 Å². The first-order valence-corrected chi connectivity index (χ1v) is 11.8. The number of carbonyl (C=O) groups is 1. The molecular weight excluding hydrogens is 460 g/mol. The lowest BCUT2D eigenvalue weighted by Gasteiger charge is -2.18. The van der Waals surface area contributed by atoms with Crippen molar-refractivity contribution in [3.63, 3.8) is 0 Å². The molecule has 1 N–H and O–H groups in total. The molecule has 1 heterocycles. The largest absolute Gasteiger partial charge is 0.496 e. The molecule has 7 heteroatoms. The van der Waals surface area contributed by atoms with Crippen molar-refractivity contribution in [3.8, 4) is 17.2 Å². The Morgan fingerprint density at radius 2 is 1.71 bits per heavy atom. The molecule has 3 aromatic rings. The number of nitrogens with zero attached hydrogens (tertiary/aromatic N) is 1. The maximum Gasteiger partial charge on any atom is 0.281 e. The van der Waals surface area contributed by atoms with Gasteiger partial charge in [0.25, 0.3) is 5.91 Å². The highest BCUT2D eigenvalue weighted by atomic mass is 32.1. The summed E-state index contributed by atoms with van der Waals surface area (Å²) in [5.74, 6) is 1.93. The Labute approximate surface area is 211 Å². The number of rotatable bonds is 8. The Balaban J connectivity index is 1.60. The molecule has 1 fully saturated rings. The number of hydrogen-bond donors (Lipinski definition) is 1. The summed E-state index contributed by atoms with van der Waals surface area (Å²) in [6.07, 6.45) is 1.78. The number of anilines is 1. The van der Waals surface area contributed by atoms with Crippen LogP contribution < -0.4 is 24.4 Å². The van der Waals surface area contributed by atoms with E-state index >= 15 is 0 Å². The Hall–Kier alpha value is -3.84. The second kappa shape index (κ2) is 10.6. The molecule has 6 nitrogen and oxygen atoms in total. The minimum absolute atomic E-state index is 0.244. The van der Waals surface area contributed by atoms with Crippen LogP contribution in [0, 0.1) is 13.8 Å². The van der Waals surface area contributed by atoms with Crippen molar-refractivity contribution in [2.24, 2.45) is 0 Å². The van der Waals surface area contributed by atoms with E-state index in [4.69, 9.17) is 26.4 Å². The third-order valence-corrected chi connectivity index (χ3v) is 5.97. The highest BCUT2D eigenvalue weighted by molar-refractivity contribution is 7.80. The van der Waals surface area contributed by atoms with Crippen LogP contribution in [0.3, 0.4) is 0 Å². The molecule has 0 bridgehead atoms. The SMILES string of the molecule is CCOc1ccccc1N1C(=O)/C(=C\c2ccc(OC)c(COc3c(C)cccc3C)c2)NC1=S. The van der Waals surface area contributed by atoms with Gasteiger partial charge < -0.3 is 19.5 Å². The summed E-state index contributed by atoms with van der Waals surface area (Å²) in [6.45, 7) is 6.77. The fourth-order valence-corrected chi connectivity index (χ4v) is 4.31. The molecule has 0 spiro atoms. The van der Waals surface area contributed by atoms with Crippen LogP contribution in [0.2, 0.25) is 0 Å². The first-order valence-electron chi connectivity index (χ1n) is 11.4. The predicted octanol–water partition coefficient (Wildman–Crippen LogP) is 5.55. The van der Waals surface area contributed by atoms with Crippen LogP contribution in [-0.2, 0) is 11.4 Å². The Morgan fingerprint density at radius 3 is 2.43 bits per heavy atom.